The third-order valence-corrected chi connectivity index (χ3v) is 4.17. The molecular weight excluding hydrogens is 284 g/mol. The zero-order chi connectivity index (χ0) is 15.1. The number of aromatic nitrogens is 2. The highest BCUT2D eigenvalue weighted by molar-refractivity contribution is 7.14. The van der Waals surface area contributed by atoms with Crippen molar-refractivity contribution in [2.24, 2.45) is 5.73 Å². The molecule has 0 spiro atoms. The van der Waals surface area contributed by atoms with Crippen molar-refractivity contribution in [3.63, 3.8) is 0 Å². The van der Waals surface area contributed by atoms with Crippen LogP contribution in [0, 0.1) is 0 Å². The molecule has 112 valence electrons. The van der Waals surface area contributed by atoms with Crippen LogP contribution in [0.2, 0.25) is 0 Å². The fraction of sp³-hybridized carbons (Fsp3) is 0.400. The normalized spacial score (nSPS) is 12.1. The first-order chi connectivity index (χ1) is 10.2. The summed E-state index contributed by atoms with van der Waals surface area (Å²) >= 11 is 1.53. The van der Waals surface area contributed by atoms with Crippen molar-refractivity contribution < 1.29 is 4.79 Å². The number of hydrogen-bond donors (Lipinski definition) is 2. The lowest BCUT2D eigenvalue weighted by atomic mass is 10.1. The smallest absolute Gasteiger partial charge is 0.217 e. The summed E-state index contributed by atoms with van der Waals surface area (Å²) in [7, 11) is 0. The highest BCUT2D eigenvalue weighted by atomic mass is 32.1. The summed E-state index contributed by atoms with van der Waals surface area (Å²) in [6.45, 7) is 2.19. The summed E-state index contributed by atoms with van der Waals surface area (Å²) in [6, 6.07) is 9.85. The molecular formula is C15H20N4OS. The van der Waals surface area contributed by atoms with E-state index in [1.807, 2.05) is 30.3 Å². The molecule has 1 amide bonds. The summed E-state index contributed by atoms with van der Waals surface area (Å²) in [5, 5.41) is 13.2. The van der Waals surface area contributed by atoms with E-state index in [0.29, 0.717) is 6.54 Å². The van der Waals surface area contributed by atoms with Gasteiger partial charge in [0.25, 0.3) is 0 Å². The molecule has 0 aliphatic carbocycles. The van der Waals surface area contributed by atoms with E-state index in [1.54, 1.807) is 0 Å². The van der Waals surface area contributed by atoms with E-state index in [1.165, 1.54) is 18.3 Å². The minimum atomic E-state index is -0.0796. The Labute approximate surface area is 128 Å². The summed E-state index contributed by atoms with van der Waals surface area (Å²) in [6.07, 6.45) is 2.74. The van der Waals surface area contributed by atoms with Crippen molar-refractivity contribution in [2.45, 2.75) is 32.2 Å². The quantitative estimate of drug-likeness (QED) is 0.770. The van der Waals surface area contributed by atoms with Gasteiger partial charge < -0.3 is 11.1 Å². The van der Waals surface area contributed by atoms with Gasteiger partial charge in [0.2, 0.25) is 5.91 Å². The second-order valence-corrected chi connectivity index (χ2v) is 5.86. The minimum Gasteiger partial charge on any atom is -0.347 e. The Balaban J connectivity index is 2.12. The molecule has 1 aromatic heterocycles. The van der Waals surface area contributed by atoms with Gasteiger partial charge in [0, 0.05) is 12.5 Å². The Bertz CT molecular complexity index is 570. The maximum atomic E-state index is 11.4. The summed E-state index contributed by atoms with van der Waals surface area (Å²) in [5.41, 5.74) is 6.57. The van der Waals surface area contributed by atoms with Gasteiger partial charge in [0.15, 0.2) is 0 Å². The van der Waals surface area contributed by atoms with Crippen molar-refractivity contribution in [3.8, 4) is 10.6 Å². The van der Waals surface area contributed by atoms with Gasteiger partial charge in [-0.1, -0.05) is 41.7 Å². The summed E-state index contributed by atoms with van der Waals surface area (Å²) in [5.74, 6) is -0.0517. The first-order valence-corrected chi connectivity index (χ1v) is 7.88. The monoisotopic (exact) mass is 304 g/mol. The van der Waals surface area contributed by atoms with E-state index in [9.17, 15) is 4.79 Å². The fourth-order valence-corrected chi connectivity index (χ4v) is 3.00. The average Bonchev–Trinajstić information content (AvgIpc) is 2.97. The number of unbranched alkanes of at least 4 members (excludes halogenated alkanes) is 1. The third-order valence-electron chi connectivity index (χ3n) is 3.08. The van der Waals surface area contributed by atoms with Gasteiger partial charge in [-0.05, 0) is 25.8 Å². The zero-order valence-electron chi connectivity index (χ0n) is 12.1. The number of nitrogens with two attached hydrogens (primary N) is 1. The van der Waals surface area contributed by atoms with Gasteiger partial charge in [-0.2, -0.15) is 0 Å². The van der Waals surface area contributed by atoms with Crippen LogP contribution < -0.4 is 11.1 Å². The van der Waals surface area contributed by atoms with Crippen LogP contribution in [0.15, 0.2) is 30.3 Å². The molecule has 1 atom stereocenters. The largest absolute Gasteiger partial charge is 0.347 e. The van der Waals surface area contributed by atoms with Gasteiger partial charge in [-0.3, -0.25) is 4.79 Å². The van der Waals surface area contributed by atoms with Gasteiger partial charge in [0.05, 0.1) is 6.04 Å². The topological polar surface area (TPSA) is 80.9 Å². The SMILES string of the molecule is CC(=O)NC(CCCCN)c1nnc(-c2ccccc2)s1. The second kappa shape index (κ2) is 7.85. The lowest BCUT2D eigenvalue weighted by molar-refractivity contribution is -0.119. The second-order valence-electron chi connectivity index (χ2n) is 4.85. The number of hydrogen-bond acceptors (Lipinski definition) is 5. The Kier molecular flexibility index (Phi) is 5.83. The van der Waals surface area contributed by atoms with E-state index in [2.05, 4.69) is 15.5 Å². The molecule has 0 fully saturated rings. The molecule has 21 heavy (non-hydrogen) atoms. The first-order valence-electron chi connectivity index (χ1n) is 7.06. The highest BCUT2D eigenvalue weighted by Gasteiger charge is 2.18. The van der Waals surface area contributed by atoms with Crippen LogP contribution in [0.3, 0.4) is 0 Å². The van der Waals surface area contributed by atoms with Gasteiger partial charge >= 0.3 is 0 Å². The van der Waals surface area contributed by atoms with Crippen LogP contribution in [-0.2, 0) is 4.79 Å². The van der Waals surface area contributed by atoms with Gasteiger partial charge in [-0.25, -0.2) is 0 Å². The molecule has 2 rings (SSSR count). The van der Waals surface area contributed by atoms with Crippen molar-refractivity contribution in [1.82, 2.24) is 15.5 Å². The Hall–Kier alpha value is -1.79. The van der Waals surface area contributed by atoms with Crippen molar-refractivity contribution >= 4 is 17.2 Å². The lowest BCUT2D eigenvalue weighted by Crippen LogP contribution is -2.26. The van der Waals surface area contributed by atoms with Crippen LogP contribution in [-0.4, -0.2) is 22.6 Å². The van der Waals surface area contributed by atoms with E-state index in [0.717, 1.165) is 34.8 Å². The van der Waals surface area contributed by atoms with E-state index >= 15 is 0 Å². The number of benzene rings is 1. The van der Waals surface area contributed by atoms with Crippen LogP contribution in [0.4, 0.5) is 0 Å². The standard InChI is InChI=1S/C15H20N4OS/c1-11(20)17-13(9-5-6-10-16)15-19-18-14(21-15)12-7-3-2-4-8-12/h2-4,7-8,13H,5-6,9-10,16H2,1H3,(H,17,20). The van der Waals surface area contributed by atoms with E-state index < -0.39 is 0 Å². The van der Waals surface area contributed by atoms with Crippen LogP contribution in [0.1, 0.15) is 37.2 Å². The van der Waals surface area contributed by atoms with Gasteiger partial charge in [-0.15, -0.1) is 10.2 Å². The molecule has 1 aromatic carbocycles. The molecule has 2 aromatic rings. The Morgan fingerprint density at radius 1 is 1.29 bits per heavy atom. The zero-order valence-corrected chi connectivity index (χ0v) is 12.9. The molecule has 1 unspecified atom stereocenters. The Morgan fingerprint density at radius 2 is 2.05 bits per heavy atom. The molecule has 0 aliphatic heterocycles. The number of nitrogens with one attached hydrogen (secondary N) is 1. The molecule has 5 nitrogen and oxygen atoms in total. The number of nitrogens with zero attached hydrogens (tertiary/aromatic N) is 2. The van der Waals surface area contributed by atoms with Crippen molar-refractivity contribution in [3.05, 3.63) is 35.3 Å². The van der Waals surface area contributed by atoms with Gasteiger partial charge in [0.1, 0.15) is 10.0 Å². The summed E-state index contributed by atoms with van der Waals surface area (Å²) < 4.78 is 0. The third kappa shape index (κ3) is 4.61. The maximum Gasteiger partial charge on any atom is 0.217 e. The van der Waals surface area contributed by atoms with Crippen molar-refractivity contribution in [2.75, 3.05) is 6.54 Å². The Morgan fingerprint density at radius 3 is 2.71 bits per heavy atom. The number of amides is 1. The molecule has 0 saturated heterocycles. The number of carbonyl (C=O) groups is 1. The lowest BCUT2D eigenvalue weighted by Gasteiger charge is -2.14. The van der Waals surface area contributed by atoms with Crippen molar-refractivity contribution in [1.29, 1.82) is 0 Å². The predicted octanol–water partition coefficient (Wildman–Crippen LogP) is 2.51. The van der Waals surface area contributed by atoms with E-state index in [4.69, 9.17) is 5.73 Å². The number of rotatable bonds is 7. The number of carbonyl (C=O) groups excluding carboxylic acids is 1. The highest BCUT2D eigenvalue weighted by Crippen LogP contribution is 2.28. The molecule has 1 heterocycles. The summed E-state index contributed by atoms with van der Waals surface area (Å²) in [4.78, 5) is 11.4. The van der Waals surface area contributed by atoms with E-state index in [-0.39, 0.29) is 11.9 Å². The van der Waals surface area contributed by atoms with Crippen LogP contribution >= 0.6 is 11.3 Å². The fourth-order valence-electron chi connectivity index (χ4n) is 2.07. The predicted molar refractivity (Wildman–Crippen MR) is 84.8 cm³/mol. The minimum absolute atomic E-state index is 0.0517. The molecule has 3 N–H and O–H groups in total. The molecule has 0 saturated carbocycles. The molecule has 0 bridgehead atoms. The molecule has 0 aliphatic rings. The molecule has 0 radical (unpaired) electrons. The first kappa shape index (κ1) is 15.6. The van der Waals surface area contributed by atoms with Crippen LogP contribution in [0.25, 0.3) is 10.6 Å². The van der Waals surface area contributed by atoms with Crippen LogP contribution in [0.5, 0.6) is 0 Å². The average molecular weight is 304 g/mol. The molecule has 6 heteroatoms. The maximum absolute atomic E-state index is 11.4.